The van der Waals surface area contributed by atoms with Gasteiger partial charge in [-0.2, -0.15) is 0 Å². The van der Waals surface area contributed by atoms with Crippen molar-refractivity contribution in [1.29, 1.82) is 0 Å². The fourth-order valence-corrected chi connectivity index (χ4v) is 1.31. The number of guanidine groups is 1. The molecule has 0 saturated carbocycles. The summed E-state index contributed by atoms with van der Waals surface area (Å²) in [5.41, 5.74) is 14.4. The van der Waals surface area contributed by atoms with Gasteiger partial charge < -0.3 is 21.7 Å². The predicted molar refractivity (Wildman–Crippen MR) is 73.2 cm³/mol. The van der Waals surface area contributed by atoms with Crippen LogP contribution in [0.2, 0.25) is 0 Å². The normalized spacial score (nSPS) is 14.0. The second kappa shape index (κ2) is 9.36. The van der Waals surface area contributed by atoms with Crippen molar-refractivity contribution in [2.45, 2.75) is 31.8 Å². The lowest BCUT2D eigenvalue weighted by Gasteiger charge is -2.16. The Morgan fingerprint density at radius 1 is 1.14 bits per heavy atom. The number of carboxylic acids is 2. The first-order valence-electron chi connectivity index (χ1n) is 6.07. The van der Waals surface area contributed by atoms with Crippen molar-refractivity contribution in [3.63, 3.8) is 0 Å². The number of nitrogens with zero attached hydrogens (tertiary/aromatic N) is 1. The quantitative estimate of drug-likeness (QED) is 0.113. The number of nitrogens with two attached hydrogens (primary N) is 2. The maximum absolute atomic E-state index is 11.0. The molecule has 0 aromatic rings. The molecule has 0 fully saturated rings. The zero-order valence-electron chi connectivity index (χ0n) is 11.5. The van der Waals surface area contributed by atoms with Crippen LogP contribution in [0.1, 0.15) is 19.8 Å². The van der Waals surface area contributed by atoms with Gasteiger partial charge in [-0.05, 0) is 19.8 Å². The summed E-state index contributed by atoms with van der Waals surface area (Å²) >= 11 is 0. The molecule has 0 aromatic carbocycles. The lowest BCUT2D eigenvalue weighted by molar-refractivity contribution is -0.142. The van der Waals surface area contributed by atoms with Crippen molar-refractivity contribution in [1.82, 2.24) is 16.2 Å². The zero-order chi connectivity index (χ0) is 16.4. The number of hydrazine groups is 1. The third-order valence-corrected chi connectivity index (χ3v) is 2.37. The number of carbonyl (C=O) groups excluding carboxylic acids is 1. The highest BCUT2D eigenvalue weighted by Gasteiger charge is 2.22. The predicted octanol–water partition coefficient (Wildman–Crippen LogP) is -2.23. The standard InChI is InChI=1S/C10H20N6O5/c1-5(7(17)18)14-6(8(19)20)3-2-4-13-9(11)15-16-10(12)21/h5-6,14H,2-4H2,1H3,(H,17,18)(H,19,20)(H3,11,13,15)(H3,12,16,21). The summed E-state index contributed by atoms with van der Waals surface area (Å²) in [5, 5.41) is 20.2. The average Bonchev–Trinajstić information content (AvgIpc) is 2.39. The molecule has 2 amide bonds. The first-order chi connectivity index (χ1) is 9.73. The van der Waals surface area contributed by atoms with Gasteiger partial charge in [0.15, 0.2) is 0 Å². The van der Waals surface area contributed by atoms with Crippen LogP contribution in [-0.4, -0.2) is 52.8 Å². The van der Waals surface area contributed by atoms with E-state index in [4.69, 9.17) is 21.7 Å². The Kier molecular flexibility index (Phi) is 8.22. The van der Waals surface area contributed by atoms with Crippen molar-refractivity contribution < 1.29 is 24.6 Å². The first kappa shape index (κ1) is 18.4. The molecule has 0 aliphatic heterocycles. The molecular weight excluding hydrogens is 284 g/mol. The minimum absolute atomic E-state index is 0.0764. The van der Waals surface area contributed by atoms with E-state index in [1.807, 2.05) is 5.43 Å². The van der Waals surface area contributed by atoms with Crippen LogP contribution in [0.5, 0.6) is 0 Å². The Morgan fingerprint density at radius 2 is 1.76 bits per heavy atom. The Balaban J connectivity index is 4.15. The number of amides is 2. The van der Waals surface area contributed by atoms with Crippen molar-refractivity contribution >= 4 is 23.9 Å². The van der Waals surface area contributed by atoms with E-state index in [1.54, 1.807) is 0 Å². The van der Waals surface area contributed by atoms with Crippen LogP contribution in [0, 0.1) is 0 Å². The van der Waals surface area contributed by atoms with E-state index in [9.17, 15) is 14.4 Å². The number of carbonyl (C=O) groups is 3. The Hall–Kier alpha value is -2.56. The van der Waals surface area contributed by atoms with Gasteiger partial charge in [-0.1, -0.05) is 0 Å². The van der Waals surface area contributed by atoms with Crippen LogP contribution in [0.25, 0.3) is 0 Å². The maximum atomic E-state index is 11.0. The lowest BCUT2D eigenvalue weighted by atomic mass is 10.1. The molecule has 0 bridgehead atoms. The molecule has 0 radical (unpaired) electrons. The topological polar surface area (TPSA) is 192 Å². The van der Waals surface area contributed by atoms with Crippen LogP contribution >= 0.6 is 0 Å². The van der Waals surface area contributed by atoms with Gasteiger partial charge in [-0.3, -0.25) is 25.3 Å². The molecule has 0 aromatic heterocycles. The fraction of sp³-hybridized carbons (Fsp3) is 0.600. The fourth-order valence-electron chi connectivity index (χ4n) is 1.31. The summed E-state index contributed by atoms with van der Waals surface area (Å²) < 4.78 is 0. The first-order valence-corrected chi connectivity index (χ1v) is 6.07. The molecule has 0 aliphatic rings. The highest BCUT2D eigenvalue weighted by atomic mass is 16.4. The van der Waals surface area contributed by atoms with E-state index < -0.39 is 30.1 Å². The number of hydrogen-bond acceptors (Lipinski definition) is 5. The summed E-state index contributed by atoms with van der Waals surface area (Å²) in [6.07, 6.45) is 0.530. The second-order valence-corrected chi connectivity index (χ2v) is 4.14. The number of carboxylic acid groups (broad SMARTS) is 2. The van der Waals surface area contributed by atoms with E-state index in [0.29, 0.717) is 6.42 Å². The van der Waals surface area contributed by atoms with Crippen LogP contribution in [0.3, 0.4) is 0 Å². The van der Waals surface area contributed by atoms with E-state index >= 15 is 0 Å². The molecule has 21 heavy (non-hydrogen) atoms. The number of aliphatic imine (C=N–C) groups is 1. The molecule has 0 saturated heterocycles. The third-order valence-electron chi connectivity index (χ3n) is 2.37. The minimum Gasteiger partial charge on any atom is -0.480 e. The number of primary amides is 1. The third kappa shape index (κ3) is 9.04. The monoisotopic (exact) mass is 304 g/mol. The largest absolute Gasteiger partial charge is 0.480 e. The molecule has 0 aliphatic carbocycles. The maximum Gasteiger partial charge on any atom is 0.330 e. The van der Waals surface area contributed by atoms with Gasteiger partial charge >= 0.3 is 18.0 Å². The summed E-state index contributed by atoms with van der Waals surface area (Å²) in [7, 11) is 0. The second-order valence-electron chi connectivity index (χ2n) is 4.14. The van der Waals surface area contributed by atoms with Gasteiger partial charge in [0, 0.05) is 6.54 Å². The van der Waals surface area contributed by atoms with Crippen LogP contribution in [0.15, 0.2) is 4.99 Å². The molecule has 2 unspecified atom stereocenters. The van der Waals surface area contributed by atoms with Crippen molar-refractivity contribution in [3.8, 4) is 0 Å². The number of urea groups is 1. The Bertz CT molecular complexity index is 413. The Morgan fingerprint density at radius 3 is 2.24 bits per heavy atom. The van der Waals surface area contributed by atoms with Crippen LogP contribution < -0.4 is 27.6 Å². The SMILES string of the molecule is CC(NC(CCCN=C(N)NNC(N)=O)C(=O)O)C(=O)O. The molecule has 11 heteroatoms. The van der Waals surface area contributed by atoms with Gasteiger partial charge in [0.25, 0.3) is 0 Å². The smallest absolute Gasteiger partial charge is 0.330 e. The number of aliphatic carboxylic acids is 2. The van der Waals surface area contributed by atoms with Gasteiger partial charge in [-0.25, -0.2) is 10.2 Å². The lowest BCUT2D eigenvalue weighted by Crippen LogP contribution is -2.48. The molecule has 0 heterocycles. The van der Waals surface area contributed by atoms with E-state index in [0.717, 1.165) is 0 Å². The van der Waals surface area contributed by atoms with E-state index in [2.05, 4.69) is 15.7 Å². The highest BCUT2D eigenvalue weighted by molar-refractivity contribution is 5.81. The molecule has 0 spiro atoms. The molecular formula is C10H20N6O5. The number of nitrogens with one attached hydrogen (secondary N) is 3. The van der Waals surface area contributed by atoms with Gasteiger partial charge in [-0.15, -0.1) is 0 Å². The molecule has 0 rings (SSSR count). The van der Waals surface area contributed by atoms with Crippen molar-refractivity contribution in [2.75, 3.05) is 6.54 Å². The van der Waals surface area contributed by atoms with Gasteiger partial charge in [0.2, 0.25) is 5.96 Å². The van der Waals surface area contributed by atoms with Crippen LogP contribution in [0.4, 0.5) is 4.79 Å². The molecule has 9 N–H and O–H groups in total. The summed E-state index contributed by atoms with van der Waals surface area (Å²) in [4.78, 5) is 35.8. The average molecular weight is 304 g/mol. The zero-order valence-corrected chi connectivity index (χ0v) is 11.5. The minimum atomic E-state index is -1.14. The summed E-state index contributed by atoms with van der Waals surface area (Å²) in [6, 6.07) is -2.80. The van der Waals surface area contributed by atoms with Crippen molar-refractivity contribution in [3.05, 3.63) is 0 Å². The van der Waals surface area contributed by atoms with Crippen LogP contribution in [-0.2, 0) is 9.59 Å². The highest BCUT2D eigenvalue weighted by Crippen LogP contribution is 2.00. The Labute approximate surface area is 120 Å². The summed E-state index contributed by atoms with van der Waals surface area (Å²) in [6.45, 7) is 1.56. The number of rotatable bonds is 8. The number of hydrogen-bond donors (Lipinski definition) is 7. The molecule has 120 valence electrons. The van der Waals surface area contributed by atoms with E-state index in [1.165, 1.54) is 6.92 Å². The van der Waals surface area contributed by atoms with E-state index in [-0.39, 0.29) is 18.9 Å². The molecule has 11 nitrogen and oxygen atoms in total. The van der Waals surface area contributed by atoms with Gasteiger partial charge in [0.1, 0.15) is 12.1 Å². The summed E-state index contributed by atoms with van der Waals surface area (Å²) in [5.74, 6) is -2.36. The van der Waals surface area contributed by atoms with Crippen molar-refractivity contribution in [2.24, 2.45) is 16.5 Å². The van der Waals surface area contributed by atoms with Gasteiger partial charge in [0.05, 0.1) is 0 Å². The molecule has 2 atom stereocenters.